The summed E-state index contributed by atoms with van der Waals surface area (Å²) in [5.74, 6) is -0.0262. The van der Waals surface area contributed by atoms with Gasteiger partial charge in [0.2, 0.25) is 5.88 Å². The number of carbonyl (C=O) groups excluding carboxylic acids is 1. The molecule has 0 N–H and O–H groups in total. The van der Waals surface area contributed by atoms with Crippen LogP contribution in [0.4, 0.5) is 0 Å². The van der Waals surface area contributed by atoms with Gasteiger partial charge in [0.25, 0.3) is 0 Å². The van der Waals surface area contributed by atoms with E-state index >= 15 is 0 Å². The third-order valence-electron chi connectivity index (χ3n) is 2.19. The highest BCUT2D eigenvalue weighted by Gasteiger charge is 2.18. The van der Waals surface area contributed by atoms with Gasteiger partial charge in [-0.3, -0.25) is 4.79 Å². The van der Waals surface area contributed by atoms with Crippen molar-refractivity contribution in [2.24, 2.45) is 0 Å². The smallest absolute Gasteiger partial charge is 0.309 e. The topological polar surface area (TPSA) is 39.2 Å². The molecule has 3 nitrogen and oxygen atoms in total. The first-order valence-corrected chi connectivity index (χ1v) is 5.16. The molecule has 3 heteroatoms. The van der Waals surface area contributed by atoms with Crippen molar-refractivity contribution in [1.29, 1.82) is 0 Å². The Bertz CT molecular complexity index is 416. The second kappa shape index (κ2) is 4.47. The number of carbonyl (C=O) groups is 1. The van der Waals surface area contributed by atoms with Crippen LogP contribution in [-0.2, 0) is 10.2 Å². The second-order valence-corrected chi connectivity index (χ2v) is 4.66. The van der Waals surface area contributed by atoms with Gasteiger partial charge in [-0.1, -0.05) is 33.4 Å². The number of rotatable bonds is 2. The summed E-state index contributed by atoms with van der Waals surface area (Å²) in [7, 11) is 0. The van der Waals surface area contributed by atoms with Crippen molar-refractivity contribution >= 4 is 12.0 Å². The SMILES string of the molecule is C=Cc1cnc(OC(C)=O)cc1C(C)(C)C. The molecule has 0 amide bonds. The zero-order valence-corrected chi connectivity index (χ0v) is 10.2. The Kier molecular flexibility index (Phi) is 3.48. The molecule has 0 radical (unpaired) electrons. The maximum atomic E-state index is 10.8. The summed E-state index contributed by atoms with van der Waals surface area (Å²) in [6.07, 6.45) is 3.43. The van der Waals surface area contributed by atoms with E-state index in [0.29, 0.717) is 5.88 Å². The number of hydrogen-bond acceptors (Lipinski definition) is 3. The summed E-state index contributed by atoms with van der Waals surface area (Å²) < 4.78 is 4.97. The van der Waals surface area contributed by atoms with Crippen molar-refractivity contribution < 1.29 is 9.53 Å². The first-order chi connectivity index (χ1) is 7.34. The molecule has 1 aromatic heterocycles. The number of esters is 1. The van der Waals surface area contributed by atoms with Crippen LogP contribution in [0.25, 0.3) is 6.08 Å². The molecule has 0 fully saturated rings. The maximum Gasteiger partial charge on any atom is 0.309 e. The second-order valence-electron chi connectivity index (χ2n) is 4.66. The van der Waals surface area contributed by atoms with Crippen molar-refractivity contribution in [1.82, 2.24) is 4.98 Å². The van der Waals surface area contributed by atoms with Crippen LogP contribution in [0, 0.1) is 0 Å². The van der Waals surface area contributed by atoms with E-state index in [1.165, 1.54) is 6.92 Å². The van der Waals surface area contributed by atoms with Crippen LogP contribution in [0.1, 0.15) is 38.8 Å². The number of aromatic nitrogens is 1. The first-order valence-electron chi connectivity index (χ1n) is 5.16. The van der Waals surface area contributed by atoms with Crippen LogP contribution in [0.5, 0.6) is 5.88 Å². The van der Waals surface area contributed by atoms with E-state index < -0.39 is 0 Å². The predicted octanol–water partition coefficient (Wildman–Crippen LogP) is 2.95. The molecule has 1 heterocycles. The Morgan fingerprint density at radius 2 is 2.12 bits per heavy atom. The molecule has 0 saturated heterocycles. The van der Waals surface area contributed by atoms with Gasteiger partial charge in [0.05, 0.1) is 0 Å². The quantitative estimate of drug-likeness (QED) is 0.718. The highest BCUT2D eigenvalue weighted by Crippen LogP contribution is 2.28. The summed E-state index contributed by atoms with van der Waals surface area (Å²) in [4.78, 5) is 14.9. The molecule has 0 aliphatic rings. The maximum absolute atomic E-state index is 10.8. The van der Waals surface area contributed by atoms with E-state index in [4.69, 9.17) is 4.74 Å². The summed E-state index contributed by atoms with van der Waals surface area (Å²) in [5, 5.41) is 0. The monoisotopic (exact) mass is 219 g/mol. The lowest BCUT2D eigenvalue weighted by molar-refractivity contribution is -0.132. The Labute approximate surface area is 96.2 Å². The molecule has 0 aliphatic heterocycles. The third kappa shape index (κ3) is 2.92. The van der Waals surface area contributed by atoms with Crippen molar-refractivity contribution in [3.05, 3.63) is 30.0 Å². The van der Waals surface area contributed by atoms with Gasteiger partial charge >= 0.3 is 5.97 Å². The summed E-state index contributed by atoms with van der Waals surface area (Å²) in [5.41, 5.74) is 1.98. The van der Waals surface area contributed by atoms with E-state index in [0.717, 1.165) is 11.1 Å². The molecule has 0 saturated carbocycles. The van der Waals surface area contributed by atoms with Gasteiger partial charge in [-0.25, -0.2) is 4.98 Å². The third-order valence-corrected chi connectivity index (χ3v) is 2.19. The van der Waals surface area contributed by atoms with Gasteiger partial charge in [0.15, 0.2) is 0 Å². The molecule has 0 spiro atoms. The zero-order chi connectivity index (χ0) is 12.3. The minimum absolute atomic E-state index is 0.0403. The fraction of sp³-hybridized carbons (Fsp3) is 0.385. The highest BCUT2D eigenvalue weighted by atomic mass is 16.5. The van der Waals surface area contributed by atoms with Gasteiger partial charge < -0.3 is 4.74 Å². The van der Waals surface area contributed by atoms with Crippen LogP contribution >= 0.6 is 0 Å². The highest BCUT2D eigenvalue weighted by molar-refractivity contribution is 5.69. The molecule has 1 aromatic rings. The number of ether oxygens (including phenoxy) is 1. The van der Waals surface area contributed by atoms with E-state index in [-0.39, 0.29) is 11.4 Å². The molecule has 1 rings (SSSR count). The van der Waals surface area contributed by atoms with Crippen LogP contribution in [0.3, 0.4) is 0 Å². The Balaban J connectivity index is 3.21. The number of pyridine rings is 1. The van der Waals surface area contributed by atoms with Gasteiger partial charge in [0.1, 0.15) is 0 Å². The summed E-state index contributed by atoms with van der Waals surface area (Å²) in [6, 6.07) is 1.79. The summed E-state index contributed by atoms with van der Waals surface area (Å²) >= 11 is 0. The molecular weight excluding hydrogens is 202 g/mol. The lowest BCUT2D eigenvalue weighted by Crippen LogP contribution is -2.14. The average molecular weight is 219 g/mol. The molecular formula is C13H17NO2. The Hall–Kier alpha value is -1.64. The predicted molar refractivity (Wildman–Crippen MR) is 64.3 cm³/mol. The number of nitrogens with zero attached hydrogens (tertiary/aromatic N) is 1. The Morgan fingerprint density at radius 3 is 2.56 bits per heavy atom. The molecule has 0 atom stereocenters. The van der Waals surface area contributed by atoms with Crippen molar-refractivity contribution in [2.45, 2.75) is 33.1 Å². The van der Waals surface area contributed by atoms with Gasteiger partial charge in [-0.2, -0.15) is 0 Å². The average Bonchev–Trinajstić information content (AvgIpc) is 2.15. The fourth-order valence-corrected chi connectivity index (χ4v) is 1.46. The van der Waals surface area contributed by atoms with Crippen LogP contribution in [0.2, 0.25) is 0 Å². The van der Waals surface area contributed by atoms with E-state index in [9.17, 15) is 4.79 Å². The minimum atomic E-state index is -0.362. The molecule has 0 unspecified atom stereocenters. The van der Waals surface area contributed by atoms with Crippen molar-refractivity contribution in [3.63, 3.8) is 0 Å². The first kappa shape index (κ1) is 12.4. The lowest BCUT2D eigenvalue weighted by atomic mass is 9.84. The van der Waals surface area contributed by atoms with Crippen LogP contribution in [-0.4, -0.2) is 11.0 Å². The van der Waals surface area contributed by atoms with Crippen LogP contribution < -0.4 is 4.74 Å². The van der Waals surface area contributed by atoms with Crippen molar-refractivity contribution in [3.8, 4) is 5.88 Å². The summed E-state index contributed by atoms with van der Waals surface area (Å²) in [6.45, 7) is 11.4. The Morgan fingerprint density at radius 1 is 1.50 bits per heavy atom. The number of hydrogen-bond donors (Lipinski definition) is 0. The zero-order valence-electron chi connectivity index (χ0n) is 10.2. The van der Waals surface area contributed by atoms with Gasteiger partial charge in [-0.05, 0) is 16.5 Å². The van der Waals surface area contributed by atoms with Crippen molar-refractivity contribution in [2.75, 3.05) is 0 Å². The largest absolute Gasteiger partial charge is 0.408 e. The normalized spacial score (nSPS) is 11.0. The molecule has 16 heavy (non-hydrogen) atoms. The standard InChI is InChI=1S/C13H17NO2/c1-6-10-8-14-12(16-9(2)15)7-11(10)13(3,4)5/h6-8H,1H2,2-5H3. The van der Waals surface area contributed by atoms with Crippen LogP contribution in [0.15, 0.2) is 18.8 Å². The molecule has 0 bridgehead atoms. The van der Waals surface area contributed by atoms with E-state index in [1.807, 2.05) is 0 Å². The van der Waals surface area contributed by atoms with E-state index in [2.05, 4.69) is 32.3 Å². The van der Waals surface area contributed by atoms with Gasteiger partial charge in [0, 0.05) is 19.2 Å². The van der Waals surface area contributed by atoms with E-state index in [1.54, 1.807) is 18.3 Å². The molecule has 86 valence electrons. The lowest BCUT2D eigenvalue weighted by Gasteiger charge is -2.21. The fourth-order valence-electron chi connectivity index (χ4n) is 1.46. The minimum Gasteiger partial charge on any atom is -0.408 e. The molecule has 0 aliphatic carbocycles. The van der Waals surface area contributed by atoms with Gasteiger partial charge in [-0.15, -0.1) is 0 Å². The molecule has 0 aromatic carbocycles.